The molecule has 13 heteroatoms. The molecule has 5 heterocycles. The van der Waals surface area contributed by atoms with E-state index >= 15 is 4.39 Å². The summed E-state index contributed by atoms with van der Waals surface area (Å²) in [6.07, 6.45) is 11.3. The predicted molar refractivity (Wildman–Crippen MR) is 198 cm³/mol. The molecule has 3 aliphatic rings. The quantitative estimate of drug-likeness (QED) is 0.143. The van der Waals surface area contributed by atoms with Crippen molar-refractivity contribution < 1.29 is 28.1 Å². The second kappa shape index (κ2) is 14.6. The molecule has 1 atom stereocenters. The molecule has 3 aliphatic heterocycles. The Balaban J connectivity index is 1.34. The largest absolute Gasteiger partial charge is 0.468 e. The number of aromatic nitrogens is 3. The van der Waals surface area contributed by atoms with Gasteiger partial charge in [0, 0.05) is 49.5 Å². The molecule has 2 aromatic heterocycles. The van der Waals surface area contributed by atoms with Crippen molar-refractivity contribution >= 4 is 33.6 Å². The molecule has 53 heavy (non-hydrogen) atoms. The Morgan fingerprint density at radius 1 is 1.11 bits per heavy atom. The Kier molecular flexibility index (Phi) is 9.99. The standard InChI is InChI=1S/C40H44FN7O5/c1-6-26-10-7-11-27-20-29(52-25-50-5)21-30(32(26)27)34-33(41)35-31(22-43-34)36(45-37(44-35)51-24-40-13-8-16-47(40)17-9-14-40)46-18-19-48(28(23-46)12-15-42)38(49)53-39(2,3)4/h1,7,10-11,20-22,28H,8-9,12-14,16-19,23-25H2,2-5H3/t28-/m0/s1. The minimum Gasteiger partial charge on any atom is -0.468 e. The van der Waals surface area contributed by atoms with E-state index in [0.717, 1.165) is 44.2 Å². The molecule has 0 N–H and O–H groups in total. The number of benzene rings is 2. The lowest BCUT2D eigenvalue weighted by Gasteiger charge is -2.41. The minimum atomic E-state index is -0.698. The van der Waals surface area contributed by atoms with Gasteiger partial charge in [-0.05, 0) is 83.1 Å². The lowest BCUT2D eigenvalue weighted by molar-refractivity contribution is 0.0145. The monoisotopic (exact) mass is 721 g/mol. The average molecular weight is 722 g/mol. The third-order valence-electron chi connectivity index (χ3n) is 10.4. The number of ether oxygens (including phenoxy) is 4. The van der Waals surface area contributed by atoms with Gasteiger partial charge in [0.1, 0.15) is 35.0 Å². The van der Waals surface area contributed by atoms with E-state index in [1.807, 2.05) is 23.1 Å². The van der Waals surface area contributed by atoms with Crippen LogP contribution in [0.15, 0.2) is 36.5 Å². The Morgan fingerprint density at radius 3 is 2.62 bits per heavy atom. The molecular formula is C40H44FN7O5. The zero-order valence-electron chi connectivity index (χ0n) is 30.7. The van der Waals surface area contributed by atoms with E-state index in [-0.39, 0.29) is 49.1 Å². The van der Waals surface area contributed by atoms with Gasteiger partial charge in [-0.3, -0.25) is 9.88 Å². The second-order valence-corrected chi connectivity index (χ2v) is 14.9. The van der Waals surface area contributed by atoms with E-state index in [0.29, 0.717) is 46.6 Å². The van der Waals surface area contributed by atoms with E-state index in [2.05, 4.69) is 21.9 Å². The fourth-order valence-corrected chi connectivity index (χ4v) is 7.98. The summed E-state index contributed by atoms with van der Waals surface area (Å²) < 4.78 is 40.3. The highest BCUT2D eigenvalue weighted by Gasteiger charge is 2.45. The molecule has 0 unspecified atom stereocenters. The Labute approximate surface area is 308 Å². The Bertz CT molecular complexity index is 2110. The predicted octanol–water partition coefficient (Wildman–Crippen LogP) is 6.29. The fraction of sp³-hybridized carbons (Fsp3) is 0.475. The second-order valence-electron chi connectivity index (χ2n) is 14.9. The van der Waals surface area contributed by atoms with E-state index in [1.54, 1.807) is 44.0 Å². The highest BCUT2D eigenvalue weighted by Crippen LogP contribution is 2.41. The summed E-state index contributed by atoms with van der Waals surface area (Å²) in [5, 5.41) is 11.5. The van der Waals surface area contributed by atoms with Crippen LogP contribution < -0.4 is 14.4 Å². The van der Waals surface area contributed by atoms with Gasteiger partial charge in [0.25, 0.3) is 0 Å². The minimum absolute atomic E-state index is 0.00238. The van der Waals surface area contributed by atoms with Crippen molar-refractivity contribution in [2.45, 2.75) is 70.1 Å². The zero-order chi connectivity index (χ0) is 37.3. The van der Waals surface area contributed by atoms with Crippen LogP contribution in [0.3, 0.4) is 0 Å². The number of halogens is 1. The lowest BCUT2D eigenvalue weighted by Crippen LogP contribution is -2.56. The number of hydrogen-bond acceptors (Lipinski definition) is 11. The number of pyridine rings is 1. The van der Waals surface area contributed by atoms with Gasteiger partial charge in [-0.15, -0.1) is 6.42 Å². The summed E-state index contributed by atoms with van der Waals surface area (Å²) in [4.78, 5) is 33.5. The van der Waals surface area contributed by atoms with E-state index in [4.69, 9.17) is 35.3 Å². The number of fused-ring (bicyclic) bond motifs is 3. The molecule has 0 spiro atoms. The molecule has 3 saturated heterocycles. The normalized spacial score (nSPS) is 18.5. The SMILES string of the molecule is C#Cc1cccc2cc(OCOC)cc(-c3ncc4c(N5CCN(C(=O)OC(C)(C)C)[C@@H](CC#N)C5)nc(OCC56CCCN5CCC6)nc4c3F)c12. The molecule has 0 bridgehead atoms. The van der Waals surface area contributed by atoms with Crippen molar-refractivity contribution in [1.29, 1.82) is 5.26 Å². The first kappa shape index (κ1) is 36.1. The fourth-order valence-electron chi connectivity index (χ4n) is 7.98. The van der Waals surface area contributed by atoms with Gasteiger partial charge in [-0.2, -0.15) is 15.2 Å². The van der Waals surface area contributed by atoms with Gasteiger partial charge in [0.15, 0.2) is 12.6 Å². The highest BCUT2D eigenvalue weighted by atomic mass is 19.1. The maximum absolute atomic E-state index is 17.2. The Morgan fingerprint density at radius 2 is 1.91 bits per heavy atom. The summed E-state index contributed by atoms with van der Waals surface area (Å²) in [6.45, 7) is 8.73. The summed E-state index contributed by atoms with van der Waals surface area (Å²) in [6, 6.07) is 10.8. The maximum atomic E-state index is 17.2. The third-order valence-corrected chi connectivity index (χ3v) is 10.4. The molecule has 276 valence electrons. The molecule has 7 rings (SSSR count). The van der Waals surface area contributed by atoms with Crippen LogP contribution in [0, 0.1) is 29.5 Å². The molecule has 0 saturated carbocycles. The van der Waals surface area contributed by atoms with Crippen molar-refractivity contribution in [1.82, 2.24) is 24.8 Å². The van der Waals surface area contributed by atoms with Gasteiger partial charge in [0.05, 0.1) is 29.5 Å². The van der Waals surface area contributed by atoms with Crippen molar-refractivity contribution in [3.05, 3.63) is 47.9 Å². The summed E-state index contributed by atoms with van der Waals surface area (Å²) in [5.41, 5.74) is 0.297. The van der Waals surface area contributed by atoms with Gasteiger partial charge >= 0.3 is 12.1 Å². The molecule has 0 aliphatic carbocycles. The number of nitriles is 1. The van der Waals surface area contributed by atoms with Gasteiger partial charge in [-0.1, -0.05) is 18.1 Å². The van der Waals surface area contributed by atoms with Crippen molar-refractivity contribution in [2.75, 3.05) is 58.1 Å². The van der Waals surface area contributed by atoms with E-state index < -0.39 is 23.6 Å². The first-order valence-corrected chi connectivity index (χ1v) is 18.1. The van der Waals surface area contributed by atoms with Gasteiger partial charge in [-0.25, -0.2) is 9.18 Å². The van der Waals surface area contributed by atoms with Crippen LogP contribution >= 0.6 is 0 Å². The lowest BCUT2D eigenvalue weighted by atomic mass is 9.95. The number of rotatable bonds is 9. The van der Waals surface area contributed by atoms with Gasteiger partial charge in [0.2, 0.25) is 0 Å². The number of anilines is 1. The number of nitrogens with zero attached hydrogens (tertiary/aromatic N) is 7. The first-order chi connectivity index (χ1) is 25.5. The van der Waals surface area contributed by atoms with Crippen LogP contribution in [0.25, 0.3) is 32.9 Å². The summed E-state index contributed by atoms with van der Waals surface area (Å²) in [7, 11) is 1.52. The number of hydrogen-bond donors (Lipinski definition) is 0. The topological polar surface area (TPSA) is 126 Å². The Hall–Kier alpha value is -5.24. The van der Waals surface area contributed by atoms with Crippen molar-refractivity contribution in [2.24, 2.45) is 0 Å². The van der Waals surface area contributed by atoms with E-state index in [9.17, 15) is 10.1 Å². The van der Waals surface area contributed by atoms with Crippen LogP contribution in [0.5, 0.6) is 11.8 Å². The van der Waals surface area contributed by atoms with Crippen LogP contribution in [-0.2, 0) is 9.47 Å². The van der Waals surface area contributed by atoms with Crippen LogP contribution in [0.2, 0.25) is 0 Å². The number of carbonyl (C=O) groups excluding carboxylic acids is 1. The van der Waals surface area contributed by atoms with Crippen molar-refractivity contribution in [3.8, 4) is 41.4 Å². The first-order valence-electron chi connectivity index (χ1n) is 18.1. The van der Waals surface area contributed by atoms with Gasteiger partial charge < -0.3 is 28.7 Å². The number of terminal acetylenes is 1. The summed E-state index contributed by atoms with van der Waals surface area (Å²) in [5.74, 6) is 2.93. The molecule has 3 fully saturated rings. The highest BCUT2D eigenvalue weighted by molar-refractivity contribution is 6.03. The van der Waals surface area contributed by atoms with Crippen LogP contribution in [0.4, 0.5) is 15.0 Å². The molecule has 12 nitrogen and oxygen atoms in total. The van der Waals surface area contributed by atoms with Crippen molar-refractivity contribution in [3.63, 3.8) is 0 Å². The molecular weight excluding hydrogens is 677 g/mol. The zero-order valence-corrected chi connectivity index (χ0v) is 30.7. The molecule has 2 aromatic carbocycles. The van der Waals surface area contributed by atoms with E-state index in [1.165, 1.54) is 7.11 Å². The van der Waals surface area contributed by atoms with Crippen LogP contribution in [-0.4, -0.2) is 101 Å². The van der Waals surface area contributed by atoms with Crippen LogP contribution in [0.1, 0.15) is 58.4 Å². The maximum Gasteiger partial charge on any atom is 0.410 e. The number of piperazine rings is 1. The smallest absolute Gasteiger partial charge is 0.410 e. The summed E-state index contributed by atoms with van der Waals surface area (Å²) >= 11 is 0. The third kappa shape index (κ3) is 7.11. The molecule has 0 radical (unpaired) electrons. The molecule has 1 amide bonds. The number of carbonyl (C=O) groups is 1. The number of amides is 1. The number of methoxy groups -OCH3 is 1. The molecule has 4 aromatic rings. The average Bonchev–Trinajstić information content (AvgIpc) is 3.73.